The van der Waals surface area contributed by atoms with Gasteiger partial charge in [-0.05, 0) is 43.9 Å². The zero-order valence-electron chi connectivity index (χ0n) is 13.4. The molecule has 1 aliphatic carbocycles. The molecule has 1 fully saturated rings. The normalized spacial score (nSPS) is 23.4. The average molecular weight is 298 g/mol. The molecule has 0 aliphatic heterocycles. The van der Waals surface area contributed by atoms with Crippen LogP contribution in [0.1, 0.15) is 59.8 Å². The topological polar surface area (TPSA) is 46.3 Å². The van der Waals surface area contributed by atoms with Gasteiger partial charge in [-0.15, -0.1) is 0 Å². The Labute approximate surface area is 129 Å². The van der Waals surface area contributed by atoms with Gasteiger partial charge in [0.1, 0.15) is 0 Å². The van der Waals surface area contributed by atoms with Crippen molar-refractivity contribution in [2.45, 2.75) is 59.8 Å². The quantitative estimate of drug-likeness (QED) is 0.792. The van der Waals surface area contributed by atoms with Crippen molar-refractivity contribution in [1.82, 2.24) is 4.90 Å². The Morgan fingerprint density at radius 3 is 2.20 bits per heavy atom. The summed E-state index contributed by atoms with van der Waals surface area (Å²) in [5.41, 5.74) is 5.90. The Hall–Kier alpha value is -0.640. The first kappa shape index (κ1) is 17.4. The Morgan fingerprint density at radius 2 is 1.80 bits per heavy atom. The van der Waals surface area contributed by atoms with E-state index < -0.39 is 0 Å². The number of carbonyl (C=O) groups is 1. The third-order valence-electron chi connectivity index (χ3n) is 4.62. The number of nitrogens with zero attached hydrogens (tertiary/aromatic N) is 1. The molecule has 0 aromatic rings. The number of hydrogen-bond donors (Lipinski definition) is 1. The summed E-state index contributed by atoms with van der Waals surface area (Å²) in [6.45, 7) is 10.4. The highest BCUT2D eigenvalue weighted by molar-refractivity contribution is 7.80. The number of nitrogens with two attached hydrogens (primary N) is 1. The lowest BCUT2D eigenvalue weighted by molar-refractivity contribution is -0.136. The molecule has 4 heteroatoms. The molecule has 0 heterocycles. The van der Waals surface area contributed by atoms with Crippen molar-refractivity contribution >= 4 is 23.1 Å². The van der Waals surface area contributed by atoms with E-state index in [0.29, 0.717) is 29.3 Å². The molecule has 3 nitrogen and oxygen atoms in total. The van der Waals surface area contributed by atoms with Crippen LogP contribution in [0.25, 0.3) is 0 Å². The third-order valence-corrected chi connectivity index (χ3v) is 4.83. The van der Waals surface area contributed by atoms with Crippen molar-refractivity contribution in [2.75, 3.05) is 13.1 Å². The number of hydrogen-bond acceptors (Lipinski definition) is 2. The van der Waals surface area contributed by atoms with Gasteiger partial charge in [-0.2, -0.15) is 0 Å². The number of carbonyl (C=O) groups excluding carboxylic acids is 1. The fraction of sp³-hybridized carbons (Fsp3) is 0.875. The summed E-state index contributed by atoms with van der Waals surface area (Å²) in [5.74, 6) is 1.26. The van der Waals surface area contributed by atoms with E-state index >= 15 is 0 Å². The minimum atomic E-state index is 0.208. The van der Waals surface area contributed by atoms with Gasteiger partial charge in [-0.1, -0.05) is 33.0 Å². The smallest absolute Gasteiger partial charge is 0.225 e. The molecule has 116 valence electrons. The summed E-state index contributed by atoms with van der Waals surface area (Å²) >= 11 is 4.90. The first-order valence-corrected chi connectivity index (χ1v) is 8.23. The Kier molecular flexibility index (Phi) is 6.44. The SMILES string of the molecule is CCN(CCC(N)=S)C(=O)C1CCC(C(C)(C)C)CC1. The highest BCUT2D eigenvalue weighted by Crippen LogP contribution is 2.40. The van der Waals surface area contributed by atoms with Crippen molar-refractivity contribution in [1.29, 1.82) is 0 Å². The van der Waals surface area contributed by atoms with Crippen LogP contribution in [-0.4, -0.2) is 28.9 Å². The molecule has 0 bridgehead atoms. The Balaban J connectivity index is 2.50. The summed E-state index contributed by atoms with van der Waals surface area (Å²) in [4.78, 5) is 15.0. The second-order valence-corrected chi connectivity index (χ2v) is 7.57. The monoisotopic (exact) mass is 298 g/mol. The van der Waals surface area contributed by atoms with Crippen LogP contribution in [0.2, 0.25) is 0 Å². The van der Waals surface area contributed by atoms with Crippen molar-refractivity contribution in [3.05, 3.63) is 0 Å². The Bertz CT molecular complexity index is 341. The van der Waals surface area contributed by atoms with Crippen molar-refractivity contribution < 1.29 is 4.79 Å². The van der Waals surface area contributed by atoms with Crippen LogP contribution in [0.3, 0.4) is 0 Å². The van der Waals surface area contributed by atoms with E-state index in [1.807, 2.05) is 11.8 Å². The van der Waals surface area contributed by atoms with E-state index in [0.717, 1.165) is 25.3 Å². The van der Waals surface area contributed by atoms with Gasteiger partial charge in [0.15, 0.2) is 0 Å². The highest BCUT2D eigenvalue weighted by Gasteiger charge is 2.33. The summed E-state index contributed by atoms with van der Waals surface area (Å²) in [5, 5.41) is 0. The molecule has 0 aromatic carbocycles. The summed E-state index contributed by atoms with van der Waals surface area (Å²) < 4.78 is 0. The predicted molar refractivity (Wildman–Crippen MR) is 88.6 cm³/mol. The predicted octanol–water partition coefficient (Wildman–Crippen LogP) is 3.36. The maximum atomic E-state index is 12.5. The molecular weight excluding hydrogens is 268 g/mol. The van der Waals surface area contributed by atoms with Crippen LogP contribution in [0, 0.1) is 17.3 Å². The molecule has 2 N–H and O–H groups in total. The fourth-order valence-electron chi connectivity index (χ4n) is 3.13. The molecule has 0 radical (unpaired) electrons. The molecule has 0 atom stereocenters. The van der Waals surface area contributed by atoms with Gasteiger partial charge in [0.05, 0.1) is 4.99 Å². The van der Waals surface area contributed by atoms with Crippen LogP contribution in [0.4, 0.5) is 0 Å². The van der Waals surface area contributed by atoms with E-state index in [1.54, 1.807) is 0 Å². The second-order valence-electron chi connectivity index (χ2n) is 7.05. The maximum absolute atomic E-state index is 12.5. The van der Waals surface area contributed by atoms with E-state index in [2.05, 4.69) is 20.8 Å². The second kappa shape index (κ2) is 7.39. The molecule has 1 aliphatic rings. The summed E-state index contributed by atoms with van der Waals surface area (Å²) in [6.07, 6.45) is 5.04. The first-order chi connectivity index (χ1) is 9.25. The van der Waals surface area contributed by atoms with Gasteiger partial charge < -0.3 is 10.6 Å². The number of rotatable bonds is 5. The van der Waals surface area contributed by atoms with Crippen LogP contribution in [-0.2, 0) is 4.79 Å². The molecule has 0 aromatic heterocycles. The fourth-order valence-corrected chi connectivity index (χ4v) is 3.23. The standard InChI is InChI=1S/C16H30N2OS/c1-5-18(11-10-14(17)20)15(19)12-6-8-13(9-7-12)16(2,3)4/h12-13H,5-11H2,1-4H3,(H2,17,20). The van der Waals surface area contributed by atoms with Crippen LogP contribution < -0.4 is 5.73 Å². The molecule has 0 saturated heterocycles. The summed E-state index contributed by atoms with van der Waals surface area (Å²) in [6, 6.07) is 0. The van der Waals surface area contributed by atoms with E-state index in [1.165, 1.54) is 12.8 Å². The lowest BCUT2D eigenvalue weighted by Gasteiger charge is -2.37. The maximum Gasteiger partial charge on any atom is 0.225 e. The van der Waals surface area contributed by atoms with Gasteiger partial charge in [-0.3, -0.25) is 4.79 Å². The van der Waals surface area contributed by atoms with Gasteiger partial charge in [0.25, 0.3) is 0 Å². The molecule has 0 unspecified atom stereocenters. The third kappa shape index (κ3) is 5.04. The van der Waals surface area contributed by atoms with Crippen molar-refractivity contribution in [3.63, 3.8) is 0 Å². The van der Waals surface area contributed by atoms with Crippen molar-refractivity contribution in [2.24, 2.45) is 23.0 Å². The molecule has 20 heavy (non-hydrogen) atoms. The zero-order chi connectivity index (χ0) is 15.3. The van der Waals surface area contributed by atoms with Gasteiger partial charge in [0.2, 0.25) is 5.91 Å². The van der Waals surface area contributed by atoms with Crippen LogP contribution >= 0.6 is 12.2 Å². The van der Waals surface area contributed by atoms with Crippen LogP contribution in [0.5, 0.6) is 0 Å². The molecule has 1 saturated carbocycles. The average Bonchev–Trinajstić information content (AvgIpc) is 2.38. The van der Waals surface area contributed by atoms with Gasteiger partial charge in [-0.25, -0.2) is 0 Å². The molecular formula is C16H30N2OS. The van der Waals surface area contributed by atoms with E-state index in [9.17, 15) is 4.79 Å². The van der Waals surface area contributed by atoms with E-state index in [-0.39, 0.29) is 5.92 Å². The van der Waals surface area contributed by atoms with Gasteiger partial charge in [0, 0.05) is 25.4 Å². The largest absolute Gasteiger partial charge is 0.393 e. The highest BCUT2D eigenvalue weighted by atomic mass is 32.1. The number of thiocarbonyl (C=S) groups is 1. The zero-order valence-corrected chi connectivity index (χ0v) is 14.3. The minimum Gasteiger partial charge on any atom is -0.393 e. The number of amides is 1. The molecule has 0 spiro atoms. The summed E-state index contributed by atoms with van der Waals surface area (Å²) in [7, 11) is 0. The lowest BCUT2D eigenvalue weighted by Crippen LogP contribution is -2.40. The molecule has 1 amide bonds. The van der Waals surface area contributed by atoms with Crippen LogP contribution in [0.15, 0.2) is 0 Å². The lowest BCUT2D eigenvalue weighted by atomic mass is 9.69. The van der Waals surface area contributed by atoms with E-state index in [4.69, 9.17) is 18.0 Å². The Morgan fingerprint density at radius 1 is 1.25 bits per heavy atom. The van der Waals surface area contributed by atoms with Crippen molar-refractivity contribution in [3.8, 4) is 0 Å². The first-order valence-electron chi connectivity index (χ1n) is 7.82. The van der Waals surface area contributed by atoms with Gasteiger partial charge >= 0.3 is 0 Å². The molecule has 1 rings (SSSR count). The minimum absolute atomic E-state index is 0.208.